The van der Waals surface area contributed by atoms with Gasteiger partial charge in [-0.2, -0.15) is 0 Å². The van der Waals surface area contributed by atoms with Crippen molar-refractivity contribution in [2.45, 2.75) is 20.0 Å². The van der Waals surface area contributed by atoms with Crippen molar-refractivity contribution in [3.05, 3.63) is 94.8 Å². The number of carbonyl (C=O) groups excluding carboxylic acids is 1. The van der Waals surface area contributed by atoms with Crippen LogP contribution in [0.25, 0.3) is 17.0 Å². The second-order valence-corrected chi connectivity index (χ2v) is 8.53. The van der Waals surface area contributed by atoms with Crippen molar-refractivity contribution in [3.8, 4) is 17.0 Å². The van der Waals surface area contributed by atoms with Crippen molar-refractivity contribution in [2.75, 3.05) is 5.32 Å². The van der Waals surface area contributed by atoms with Gasteiger partial charge in [0, 0.05) is 35.2 Å². The Labute approximate surface area is 194 Å². The topological polar surface area (TPSA) is 81.4 Å². The predicted octanol–water partition coefficient (Wildman–Crippen LogP) is 4.92. The normalized spacial score (nSPS) is 10.9. The molecule has 0 bridgehead atoms. The van der Waals surface area contributed by atoms with Gasteiger partial charge >= 0.3 is 0 Å². The molecule has 0 atom stereocenters. The minimum atomic E-state index is -0.115. The van der Waals surface area contributed by atoms with Crippen molar-refractivity contribution in [1.82, 2.24) is 19.4 Å². The molecular weight excluding hydrogens is 434 g/mol. The van der Waals surface area contributed by atoms with E-state index in [-0.39, 0.29) is 12.3 Å². The highest BCUT2D eigenvalue weighted by molar-refractivity contribution is 7.09. The number of nitrogens with zero attached hydrogens (tertiary/aromatic N) is 4. The van der Waals surface area contributed by atoms with Crippen LogP contribution in [-0.4, -0.2) is 25.3 Å². The van der Waals surface area contributed by atoms with Crippen molar-refractivity contribution >= 4 is 28.7 Å². The monoisotopic (exact) mass is 455 g/mol. The summed E-state index contributed by atoms with van der Waals surface area (Å²) in [5.41, 5.74) is 4.43. The summed E-state index contributed by atoms with van der Waals surface area (Å²) in [6.07, 6.45) is 5.76. The fourth-order valence-electron chi connectivity index (χ4n) is 3.34. The van der Waals surface area contributed by atoms with Crippen LogP contribution in [0.3, 0.4) is 0 Å². The predicted molar refractivity (Wildman–Crippen MR) is 128 cm³/mol. The lowest BCUT2D eigenvalue weighted by molar-refractivity contribution is -0.115. The molecule has 0 aliphatic carbocycles. The summed E-state index contributed by atoms with van der Waals surface area (Å²) in [6.45, 7) is 2.42. The van der Waals surface area contributed by atoms with Gasteiger partial charge in [0.1, 0.15) is 17.4 Å². The third-order valence-electron chi connectivity index (χ3n) is 5.02. The maximum Gasteiger partial charge on any atom is 0.234 e. The van der Waals surface area contributed by atoms with Gasteiger partial charge in [0.05, 0.1) is 17.8 Å². The molecular formula is C25H21N5O2S. The van der Waals surface area contributed by atoms with E-state index >= 15 is 0 Å². The van der Waals surface area contributed by atoms with Crippen LogP contribution in [0, 0.1) is 6.92 Å². The number of fused-ring (bicyclic) bond motifs is 1. The summed E-state index contributed by atoms with van der Waals surface area (Å²) < 4.78 is 7.64. The zero-order chi connectivity index (χ0) is 22.6. The molecule has 0 radical (unpaired) electrons. The maximum absolute atomic E-state index is 12.5. The number of imidazole rings is 1. The summed E-state index contributed by atoms with van der Waals surface area (Å²) >= 11 is 1.49. The van der Waals surface area contributed by atoms with Crippen molar-refractivity contribution < 1.29 is 9.53 Å². The minimum absolute atomic E-state index is 0.115. The highest BCUT2D eigenvalue weighted by Gasteiger charge is 2.10. The lowest BCUT2D eigenvalue weighted by Gasteiger charge is -2.05. The molecule has 0 saturated carbocycles. The zero-order valence-corrected chi connectivity index (χ0v) is 18.7. The van der Waals surface area contributed by atoms with E-state index < -0.39 is 0 Å². The van der Waals surface area contributed by atoms with Crippen LogP contribution in [0.15, 0.2) is 78.6 Å². The summed E-state index contributed by atoms with van der Waals surface area (Å²) in [5, 5.41) is 5.66. The Morgan fingerprint density at radius 1 is 1.09 bits per heavy atom. The second-order valence-electron chi connectivity index (χ2n) is 7.59. The van der Waals surface area contributed by atoms with Crippen LogP contribution >= 0.6 is 11.3 Å². The quantitative estimate of drug-likeness (QED) is 0.377. The molecule has 1 N–H and O–H groups in total. The van der Waals surface area contributed by atoms with Crippen LogP contribution in [0.5, 0.6) is 5.75 Å². The first-order chi connectivity index (χ1) is 16.1. The molecule has 0 saturated heterocycles. The number of ether oxygens (including phenoxy) is 1. The fraction of sp³-hybridized carbons (Fsp3) is 0.120. The van der Waals surface area contributed by atoms with Gasteiger partial charge in [0.15, 0.2) is 0 Å². The van der Waals surface area contributed by atoms with Crippen LogP contribution < -0.4 is 10.1 Å². The van der Waals surface area contributed by atoms with Crippen molar-refractivity contribution in [1.29, 1.82) is 0 Å². The first kappa shape index (κ1) is 20.8. The van der Waals surface area contributed by atoms with Crippen LogP contribution in [0.1, 0.15) is 16.3 Å². The average Bonchev–Trinajstić information content (AvgIpc) is 3.46. The molecule has 3 heterocycles. The number of amides is 1. The van der Waals surface area contributed by atoms with Gasteiger partial charge in [-0.1, -0.05) is 29.8 Å². The molecule has 8 heteroatoms. The summed E-state index contributed by atoms with van der Waals surface area (Å²) in [5.74, 6) is 1.34. The lowest BCUT2D eigenvalue weighted by atomic mass is 10.1. The maximum atomic E-state index is 12.5. The number of rotatable bonds is 7. The molecule has 0 aliphatic heterocycles. The largest absolute Gasteiger partial charge is 0.486 e. The van der Waals surface area contributed by atoms with E-state index in [0.717, 1.165) is 33.4 Å². The van der Waals surface area contributed by atoms with Gasteiger partial charge in [-0.15, -0.1) is 11.3 Å². The van der Waals surface area contributed by atoms with Crippen LogP contribution in [0.4, 0.5) is 5.69 Å². The molecule has 0 aliphatic rings. The molecule has 1 amide bonds. The molecule has 2 aromatic carbocycles. The summed E-state index contributed by atoms with van der Waals surface area (Å²) in [4.78, 5) is 25.7. The van der Waals surface area contributed by atoms with E-state index in [1.807, 2.05) is 83.7 Å². The summed E-state index contributed by atoms with van der Waals surface area (Å²) in [6, 6.07) is 17.4. The number of hydrogen-bond acceptors (Lipinski definition) is 6. The molecule has 164 valence electrons. The van der Waals surface area contributed by atoms with Crippen LogP contribution in [0.2, 0.25) is 0 Å². The summed E-state index contributed by atoms with van der Waals surface area (Å²) in [7, 11) is 0. The molecule has 5 aromatic rings. The van der Waals surface area contributed by atoms with E-state index in [9.17, 15) is 4.79 Å². The molecule has 0 spiro atoms. The van der Waals surface area contributed by atoms with E-state index in [2.05, 4.69) is 20.3 Å². The van der Waals surface area contributed by atoms with E-state index in [1.54, 1.807) is 6.20 Å². The third-order valence-corrected chi connectivity index (χ3v) is 5.90. The lowest BCUT2D eigenvalue weighted by Crippen LogP contribution is -2.14. The Balaban J connectivity index is 1.16. The third kappa shape index (κ3) is 5.07. The van der Waals surface area contributed by atoms with Crippen molar-refractivity contribution in [2.24, 2.45) is 0 Å². The molecule has 3 aromatic heterocycles. The zero-order valence-electron chi connectivity index (χ0n) is 17.9. The number of thiazole rings is 1. The standard InChI is InChI=1S/C25H21N5O2S/c1-17-3-9-21(10-4-17)32-15-24-28-20(16-33-24)13-23(31)27-19-7-5-18(6-8-19)22-14-30-12-2-11-26-25(30)29-22/h2-12,14,16H,13,15H2,1H3,(H,27,31). The molecule has 7 nitrogen and oxygen atoms in total. The Bertz CT molecular complexity index is 1360. The number of carbonyl (C=O) groups is 1. The number of aryl methyl sites for hydroxylation is 1. The first-order valence-corrected chi connectivity index (χ1v) is 11.3. The van der Waals surface area contributed by atoms with Gasteiger partial charge in [-0.05, 0) is 37.3 Å². The molecule has 5 rings (SSSR count). The van der Waals surface area contributed by atoms with Crippen molar-refractivity contribution in [3.63, 3.8) is 0 Å². The number of benzene rings is 2. The van der Waals surface area contributed by atoms with E-state index in [4.69, 9.17) is 4.74 Å². The van der Waals surface area contributed by atoms with Gasteiger partial charge < -0.3 is 10.1 Å². The first-order valence-electron chi connectivity index (χ1n) is 10.5. The number of aromatic nitrogens is 4. The van der Waals surface area contributed by atoms with Gasteiger partial charge in [-0.25, -0.2) is 15.0 Å². The van der Waals surface area contributed by atoms with Crippen LogP contribution in [-0.2, 0) is 17.8 Å². The van der Waals surface area contributed by atoms with E-state index in [1.165, 1.54) is 16.9 Å². The Morgan fingerprint density at radius 3 is 2.70 bits per heavy atom. The van der Waals surface area contributed by atoms with Gasteiger partial charge in [-0.3, -0.25) is 9.20 Å². The van der Waals surface area contributed by atoms with Gasteiger partial charge in [0.25, 0.3) is 0 Å². The highest BCUT2D eigenvalue weighted by Crippen LogP contribution is 2.21. The molecule has 33 heavy (non-hydrogen) atoms. The average molecular weight is 456 g/mol. The second kappa shape index (κ2) is 9.22. The molecule has 0 fully saturated rings. The number of nitrogens with one attached hydrogen (secondary N) is 1. The Kier molecular flexibility index (Phi) is 5.82. The number of anilines is 1. The number of hydrogen-bond donors (Lipinski definition) is 1. The smallest absolute Gasteiger partial charge is 0.234 e. The van der Waals surface area contributed by atoms with E-state index in [0.29, 0.717) is 12.4 Å². The Hall–Kier alpha value is -4.04. The van der Waals surface area contributed by atoms with Gasteiger partial charge in [0.2, 0.25) is 11.7 Å². The Morgan fingerprint density at radius 2 is 1.91 bits per heavy atom. The minimum Gasteiger partial charge on any atom is -0.486 e. The fourth-order valence-corrected chi connectivity index (χ4v) is 4.04. The highest BCUT2D eigenvalue weighted by atomic mass is 32.1. The molecule has 0 unspecified atom stereocenters. The SMILES string of the molecule is Cc1ccc(OCc2nc(CC(=O)Nc3ccc(-c4cn5cccnc5n4)cc3)cs2)cc1.